The minimum atomic E-state index is -0.853. The summed E-state index contributed by atoms with van der Waals surface area (Å²) in [5.41, 5.74) is 0. The largest absolute Gasteiger partial charge is 0.466 e. The molecule has 0 saturated heterocycles. The van der Waals surface area contributed by atoms with Crippen molar-refractivity contribution in [3.63, 3.8) is 0 Å². The molecule has 1 atom stereocenters. The van der Waals surface area contributed by atoms with Gasteiger partial charge in [0.05, 0.1) is 7.11 Å². The van der Waals surface area contributed by atoms with Crippen LogP contribution in [0.25, 0.3) is 0 Å². The van der Waals surface area contributed by atoms with Crippen LogP contribution < -0.4 is 4.74 Å². The van der Waals surface area contributed by atoms with Crippen molar-refractivity contribution in [2.24, 2.45) is 0 Å². The van der Waals surface area contributed by atoms with Crippen LogP contribution in [-0.4, -0.2) is 19.2 Å². The molecule has 19 heavy (non-hydrogen) atoms. The maximum Gasteiger partial charge on any atom is 0.359 e. The lowest BCUT2D eigenvalue weighted by atomic mass is 10.2. The van der Waals surface area contributed by atoms with E-state index in [-0.39, 0.29) is 0 Å². The third-order valence-electron chi connectivity index (χ3n) is 2.55. The van der Waals surface area contributed by atoms with E-state index in [0.717, 1.165) is 25.7 Å². The maximum absolute atomic E-state index is 11.6. The summed E-state index contributed by atoms with van der Waals surface area (Å²) in [5.74, 6) is 5.96. The van der Waals surface area contributed by atoms with E-state index in [1.54, 1.807) is 12.1 Å². The van der Waals surface area contributed by atoms with Crippen molar-refractivity contribution in [3.05, 3.63) is 30.3 Å². The van der Waals surface area contributed by atoms with Crippen molar-refractivity contribution >= 4 is 5.97 Å². The average Bonchev–Trinajstić information content (AvgIpc) is 2.46. The van der Waals surface area contributed by atoms with Gasteiger partial charge in [0.15, 0.2) is 0 Å². The molecule has 0 aliphatic heterocycles. The second kappa shape index (κ2) is 9.04. The SMILES string of the molecule is CCCCCC#CC(Oc1ccccc1)C(=O)OC. The fourth-order valence-corrected chi connectivity index (χ4v) is 1.51. The smallest absolute Gasteiger partial charge is 0.359 e. The molecule has 0 heterocycles. The van der Waals surface area contributed by atoms with Gasteiger partial charge in [0.25, 0.3) is 6.10 Å². The molecule has 0 fully saturated rings. The van der Waals surface area contributed by atoms with Gasteiger partial charge in [-0.05, 0) is 24.5 Å². The standard InChI is InChI=1S/C16H20O3/c1-3-4-5-6-10-13-15(16(17)18-2)19-14-11-8-7-9-12-14/h7-9,11-12,15H,3-6H2,1-2H3. The van der Waals surface area contributed by atoms with Crippen LogP contribution in [0.3, 0.4) is 0 Å². The number of hydrogen-bond acceptors (Lipinski definition) is 3. The Kier molecular flexibility index (Phi) is 7.19. The molecule has 0 spiro atoms. The summed E-state index contributed by atoms with van der Waals surface area (Å²) in [5, 5.41) is 0. The Labute approximate surface area is 114 Å². The normalized spacial score (nSPS) is 11.1. The van der Waals surface area contributed by atoms with Gasteiger partial charge in [-0.15, -0.1) is 0 Å². The maximum atomic E-state index is 11.6. The second-order valence-corrected chi connectivity index (χ2v) is 4.11. The Hall–Kier alpha value is -1.95. The number of carbonyl (C=O) groups excluding carboxylic acids is 1. The molecule has 0 bridgehead atoms. The zero-order chi connectivity index (χ0) is 13.9. The van der Waals surface area contributed by atoms with E-state index in [0.29, 0.717) is 5.75 Å². The van der Waals surface area contributed by atoms with Crippen molar-refractivity contribution in [1.82, 2.24) is 0 Å². The lowest BCUT2D eigenvalue weighted by Gasteiger charge is -2.11. The first-order valence-electron chi connectivity index (χ1n) is 6.56. The van der Waals surface area contributed by atoms with Gasteiger partial charge in [0.2, 0.25) is 0 Å². The van der Waals surface area contributed by atoms with Crippen LogP contribution in [-0.2, 0) is 9.53 Å². The van der Waals surface area contributed by atoms with E-state index >= 15 is 0 Å². The average molecular weight is 260 g/mol. The zero-order valence-corrected chi connectivity index (χ0v) is 11.5. The Morgan fingerprint density at radius 3 is 2.63 bits per heavy atom. The molecule has 0 aliphatic carbocycles. The third-order valence-corrected chi connectivity index (χ3v) is 2.55. The van der Waals surface area contributed by atoms with Gasteiger partial charge in [-0.3, -0.25) is 0 Å². The lowest BCUT2D eigenvalue weighted by Crippen LogP contribution is -2.26. The summed E-state index contributed by atoms with van der Waals surface area (Å²) < 4.78 is 10.2. The van der Waals surface area contributed by atoms with E-state index < -0.39 is 12.1 Å². The van der Waals surface area contributed by atoms with E-state index in [9.17, 15) is 4.79 Å². The summed E-state index contributed by atoms with van der Waals surface area (Å²) in [6, 6.07) is 9.15. The van der Waals surface area contributed by atoms with Gasteiger partial charge >= 0.3 is 5.97 Å². The summed E-state index contributed by atoms with van der Waals surface area (Å²) in [7, 11) is 1.34. The molecule has 1 unspecified atom stereocenters. The minimum absolute atomic E-state index is 0.466. The molecule has 1 aromatic carbocycles. The Bertz CT molecular complexity index is 428. The van der Waals surface area contributed by atoms with Gasteiger partial charge in [0, 0.05) is 6.42 Å². The highest BCUT2D eigenvalue weighted by atomic mass is 16.6. The molecular weight excluding hydrogens is 240 g/mol. The molecule has 3 heteroatoms. The van der Waals surface area contributed by atoms with Gasteiger partial charge in [-0.2, -0.15) is 0 Å². The fraction of sp³-hybridized carbons (Fsp3) is 0.438. The number of unbranched alkanes of at least 4 members (excludes halogenated alkanes) is 3. The van der Waals surface area contributed by atoms with Crippen LogP contribution in [0.15, 0.2) is 30.3 Å². The number of esters is 1. The van der Waals surface area contributed by atoms with Crippen molar-refractivity contribution < 1.29 is 14.3 Å². The number of para-hydroxylation sites is 1. The highest BCUT2D eigenvalue weighted by Crippen LogP contribution is 2.11. The van der Waals surface area contributed by atoms with Crippen molar-refractivity contribution in [1.29, 1.82) is 0 Å². The van der Waals surface area contributed by atoms with Crippen molar-refractivity contribution in [2.45, 2.75) is 38.7 Å². The molecular formula is C16H20O3. The predicted octanol–water partition coefficient (Wildman–Crippen LogP) is 3.19. The van der Waals surface area contributed by atoms with Crippen molar-refractivity contribution in [3.8, 4) is 17.6 Å². The Balaban J connectivity index is 2.59. The molecule has 1 rings (SSSR count). The molecule has 0 amide bonds. The summed E-state index contributed by atoms with van der Waals surface area (Å²) in [6.45, 7) is 2.14. The van der Waals surface area contributed by atoms with Crippen LogP contribution in [0.1, 0.15) is 32.6 Å². The molecule has 0 saturated carbocycles. The second-order valence-electron chi connectivity index (χ2n) is 4.11. The fourth-order valence-electron chi connectivity index (χ4n) is 1.51. The van der Waals surface area contributed by atoms with Gasteiger partial charge in [0.1, 0.15) is 5.75 Å². The molecule has 102 valence electrons. The number of carbonyl (C=O) groups is 1. The van der Waals surface area contributed by atoms with Crippen LogP contribution >= 0.6 is 0 Å². The summed E-state index contributed by atoms with van der Waals surface area (Å²) in [6.07, 6.45) is 3.27. The first kappa shape index (κ1) is 15.1. The number of methoxy groups -OCH3 is 1. The minimum Gasteiger partial charge on any atom is -0.466 e. The third kappa shape index (κ3) is 5.96. The summed E-state index contributed by atoms with van der Waals surface area (Å²) in [4.78, 5) is 11.6. The van der Waals surface area contributed by atoms with Crippen LogP contribution in [0, 0.1) is 11.8 Å². The number of rotatable bonds is 6. The topological polar surface area (TPSA) is 35.5 Å². The van der Waals surface area contributed by atoms with Crippen LogP contribution in [0.2, 0.25) is 0 Å². The van der Waals surface area contributed by atoms with Crippen LogP contribution in [0.4, 0.5) is 0 Å². The van der Waals surface area contributed by atoms with Gasteiger partial charge in [-0.1, -0.05) is 43.9 Å². The Morgan fingerprint density at radius 2 is 2.00 bits per heavy atom. The number of benzene rings is 1. The highest BCUT2D eigenvalue weighted by molar-refractivity contribution is 5.78. The summed E-state index contributed by atoms with van der Waals surface area (Å²) >= 11 is 0. The zero-order valence-electron chi connectivity index (χ0n) is 11.5. The predicted molar refractivity (Wildman–Crippen MR) is 74.8 cm³/mol. The number of hydrogen-bond donors (Lipinski definition) is 0. The Morgan fingerprint density at radius 1 is 1.26 bits per heavy atom. The number of ether oxygens (including phenoxy) is 2. The molecule has 0 radical (unpaired) electrons. The molecule has 3 nitrogen and oxygen atoms in total. The molecule has 0 aliphatic rings. The quantitative estimate of drug-likeness (QED) is 0.447. The highest BCUT2D eigenvalue weighted by Gasteiger charge is 2.17. The van der Waals surface area contributed by atoms with Crippen LogP contribution in [0.5, 0.6) is 5.75 Å². The lowest BCUT2D eigenvalue weighted by molar-refractivity contribution is -0.146. The first-order valence-corrected chi connectivity index (χ1v) is 6.56. The van der Waals surface area contributed by atoms with E-state index in [1.165, 1.54) is 7.11 Å². The van der Waals surface area contributed by atoms with E-state index in [1.807, 2.05) is 18.2 Å². The molecule has 0 N–H and O–H groups in total. The molecule has 1 aromatic rings. The van der Waals surface area contributed by atoms with Gasteiger partial charge < -0.3 is 9.47 Å². The van der Waals surface area contributed by atoms with Crippen molar-refractivity contribution in [2.75, 3.05) is 7.11 Å². The monoisotopic (exact) mass is 260 g/mol. The van der Waals surface area contributed by atoms with Gasteiger partial charge in [-0.25, -0.2) is 4.79 Å². The first-order chi connectivity index (χ1) is 9.27. The van der Waals surface area contributed by atoms with E-state index in [2.05, 4.69) is 18.8 Å². The molecule has 0 aromatic heterocycles. The van der Waals surface area contributed by atoms with E-state index in [4.69, 9.17) is 9.47 Å².